The van der Waals surface area contributed by atoms with Crippen molar-refractivity contribution in [2.24, 2.45) is 0 Å². The Labute approximate surface area is 154 Å². The summed E-state index contributed by atoms with van der Waals surface area (Å²) in [7, 11) is 1.64. The molecule has 106 valence electrons. The Kier molecular flexibility index (Phi) is 5.71. The van der Waals surface area contributed by atoms with Crippen LogP contribution in [-0.4, -0.2) is 28.8 Å². The third-order valence-electron chi connectivity index (χ3n) is 2.72. The van der Waals surface area contributed by atoms with Gasteiger partial charge in [0.2, 0.25) is 0 Å². The predicted molar refractivity (Wildman–Crippen MR) is 104 cm³/mol. The van der Waals surface area contributed by atoms with Crippen molar-refractivity contribution in [3.05, 3.63) is 29.7 Å². The maximum absolute atomic E-state index is 12.2. The van der Waals surface area contributed by atoms with Gasteiger partial charge in [0, 0.05) is 15.7 Å². The lowest BCUT2D eigenvalue weighted by atomic mass is 10.2. The van der Waals surface area contributed by atoms with Gasteiger partial charge in [0.1, 0.15) is 10.1 Å². The molecule has 2 rings (SSSR count). The third kappa shape index (κ3) is 3.30. The van der Waals surface area contributed by atoms with Gasteiger partial charge in [-0.3, -0.25) is 9.69 Å². The summed E-state index contributed by atoms with van der Waals surface area (Å²) < 4.78 is 8.17. The second-order valence-corrected chi connectivity index (χ2v) is 8.02. The number of carbonyl (C=O) groups excluding carboxylic acids is 1. The quantitative estimate of drug-likeness (QED) is 0.334. The van der Waals surface area contributed by atoms with Crippen LogP contribution in [0.4, 0.5) is 0 Å². The topological polar surface area (TPSA) is 29.5 Å². The molecule has 0 radical (unpaired) electrons. The molecular weight excluding hydrogens is 520 g/mol. The van der Waals surface area contributed by atoms with Gasteiger partial charge in [0.15, 0.2) is 0 Å². The highest BCUT2D eigenvalue weighted by Crippen LogP contribution is 2.36. The molecule has 0 saturated carbocycles. The lowest BCUT2D eigenvalue weighted by Crippen LogP contribution is -2.27. The zero-order valence-corrected chi connectivity index (χ0v) is 16.7. The first-order valence-electron chi connectivity index (χ1n) is 5.76. The minimum Gasteiger partial charge on any atom is -0.495 e. The molecule has 0 aliphatic carbocycles. The van der Waals surface area contributed by atoms with Gasteiger partial charge >= 0.3 is 0 Å². The van der Waals surface area contributed by atoms with E-state index in [2.05, 4.69) is 45.2 Å². The molecule has 0 unspecified atom stereocenters. The van der Waals surface area contributed by atoms with Crippen molar-refractivity contribution >= 4 is 85.5 Å². The van der Waals surface area contributed by atoms with E-state index in [9.17, 15) is 4.79 Å². The largest absolute Gasteiger partial charge is 0.495 e. The summed E-state index contributed by atoms with van der Waals surface area (Å²) in [5.41, 5.74) is 0.903. The molecule has 0 N–H and O–H groups in total. The molecule has 1 fully saturated rings. The Bertz CT molecular complexity index is 617. The molecule has 1 heterocycles. The van der Waals surface area contributed by atoms with E-state index in [1.54, 1.807) is 12.0 Å². The van der Waals surface area contributed by atoms with E-state index in [1.807, 2.05) is 25.1 Å². The van der Waals surface area contributed by atoms with E-state index in [0.29, 0.717) is 15.8 Å². The standard InChI is InChI=1S/C13H11I2NO2S2/c1-3-16-12(17)10(20-13(16)19)5-7-4-8(14)6-9(15)11(7)18-2/h4-6H,3H2,1-2H3/b10-5+. The molecule has 1 aliphatic heterocycles. The van der Waals surface area contributed by atoms with E-state index in [1.165, 1.54) is 11.8 Å². The third-order valence-corrected chi connectivity index (χ3v) is 5.52. The number of thioether (sulfide) groups is 1. The number of halogens is 2. The van der Waals surface area contributed by atoms with Gasteiger partial charge in [-0.25, -0.2) is 0 Å². The Balaban J connectivity index is 2.46. The average Bonchev–Trinajstić information content (AvgIpc) is 2.63. The number of ether oxygens (including phenoxy) is 1. The number of hydrogen-bond donors (Lipinski definition) is 0. The van der Waals surface area contributed by atoms with Gasteiger partial charge in [0.05, 0.1) is 15.6 Å². The number of methoxy groups -OCH3 is 1. The number of benzene rings is 1. The SMILES string of the molecule is CCN1C(=O)/C(=C\c2cc(I)cc(I)c2OC)SC1=S. The first kappa shape index (κ1) is 16.5. The fourth-order valence-electron chi connectivity index (χ4n) is 1.82. The molecule has 7 heteroatoms. The number of likely N-dealkylation sites (N-methyl/N-ethyl adjacent to an activating group) is 1. The number of carbonyl (C=O) groups is 1. The maximum Gasteiger partial charge on any atom is 0.266 e. The molecule has 1 aromatic rings. The van der Waals surface area contributed by atoms with Crippen molar-refractivity contribution in [2.75, 3.05) is 13.7 Å². The van der Waals surface area contributed by atoms with Crippen LogP contribution in [0.1, 0.15) is 12.5 Å². The van der Waals surface area contributed by atoms with Crippen LogP contribution in [0, 0.1) is 7.14 Å². The van der Waals surface area contributed by atoms with E-state index in [0.717, 1.165) is 18.5 Å². The molecule has 1 aromatic carbocycles. The Morgan fingerprint density at radius 1 is 1.45 bits per heavy atom. The van der Waals surface area contributed by atoms with Crippen molar-refractivity contribution in [1.82, 2.24) is 4.90 Å². The van der Waals surface area contributed by atoms with Crippen molar-refractivity contribution in [2.45, 2.75) is 6.92 Å². The molecule has 3 nitrogen and oxygen atoms in total. The van der Waals surface area contributed by atoms with Crippen LogP contribution in [0.15, 0.2) is 17.0 Å². The Morgan fingerprint density at radius 3 is 2.70 bits per heavy atom. The van der Waals surface area contributed by atoms with E-state index in [-0.39, 0.29) is 5.91 Å². The molecule has 1 amide bonds. The summed E-state index contributed by atoms with van der Waals surface area (Å²) in [6, 6.07) is 4.04. The highest BCUT2D eigenvalue weighted by atomic mass is 127. The molecule has 1 saturated heterocycles. The van der Waals surface area contributed by atoms with Crippen LogP contribution in [-0.2, 0) is 4.79 Å². The van der Waals surface area contributed by atoms with Gasteiger partial charge in [-0.05, 0) is 70.3 Å². The van der Waals surface area contributed by atoms with Crippen LogP contribution < -0.4 is 4.74 Å². The van der Waals surface area contributed by atoms with Crippen molar-refractivity contribution in [1.29, 1.82) is 0 Å². The molecule has 0 bridgehead atoms. The molecule has 0 atom stereocenters. The molecule has 0 spiro atoms. The van der Waals surface area contributed by atoms with Crippen molar-refractivity contribution in [3.63, 3.8) is 0 Å². The van der Waals surface area contributed by atoms with Gasteiger partial charge in [-0.2, -0.15) is 0 Å². The highest BCUT2D eigenvalue weighted by Gasteiger charge is 2.30. The number of thiocarbonyl (C=S) groups is 1. The van der Waals surface area contributed by atoms with Gasteiger partial charge in [-0.1, -0.05) is 24.0 Å². The van der Waals surface area contributed by atoms with Gasteiger partial charge in [0.25, 0.3) is 5.91 Å². The Hall–Kier alpha value is 0.130. The Morgan fingerprint density at radius 2 is 2.15 bits per heavy atom. The zero-order chi connectivity index (χ0) is 14.9. The number of rotatable bonds is 3. The minimum atomic E-state index is -0.0292. The van der Waals surface area contributed by atoms with Gasteiger partial charge in [-0.15, -0.1) is 0 Å². The lowest BCUT2D eigenvalue weighted by Gasteiger charge is -2.10. The fraction of sp³-hybridized carbons (Fsp3) is 0.231. The monoisotopic (exact) mass is 531 g/mol. The lowest BCUT2D eigenvalue weighted by molar-refractivity contribution is -0.121. The summed E-state index contributed by atoms with van der Waals surface area (Å²) in [6.07, 6.45) is 1.86. The molecule has 0 aromatic heterocycles. The van der Waals surface area contributed by atoms with E-state index in [4.69, 9.17) is 17.0 Å². The van der Waals surface area contributed by atoms with Crippen LogP contribution in [0.2, 0.25) is 0 Å². The average molecular weight is 531 g/mol. The smallest absolute Gasteiger partial charge is 0.266 e. The molecule has 20 heavy (non-hydrogen) atoms. The normalized spacial score (nSPS) is 17.2. The summed E-state index contributed by atoms with van der Waals surface area (Å²) in [5, 5.41) is 0. The number of hydrogen-bond acceptors (Lipinski definition) is 4. The zero-order valence-electron chi connectivity index (χ0n) is 10.8. The number of nitrogens with zero attached hydrogens (tertiary/aromatic N) is 1. The highest BCUT2D eigenvalue weighted by molar-refractivity contribution is 14.1. The van der Waals surface area contributed by atoms with Gasteiger partial charge < -0.3 is 4.74 Å². The fourth-order valence-corrected chi connectivity index (χ4v) is 5.30. The number of amides is 1. The predicted octanol–water partition coefficient (Wildman–Crippen LogP) is 4.13. The summed E-state index contributed by atoms with van der Waals surface area (Å²) in [5.74, 6) is 0.756. The maximum atomic E-state index is 12.2. The van der Waals surface area contributed by atoms with Crippen LogP contribution in [0.5, 0.6) is 5.75 Å². The minimum absolute atomic E-state index is 0.0292. The summed E-state index contributed by atoms with van der Waals surface area (Å²) in [4.78, 5) is 14.5. The molecular formula is C13H11I2NO2S2. The summed E-state index contributed by atoms with van der Waals surface area (Å²) in [6.45, 7) is 2.52. The van der Waals surface area contributed by atoms with Crippen LogP contribution in [0.3, 0.4) is 0 Å². The van der Waals surface area contributed by atoms with E-state index >= 15 is 0 Å². The molecule has 1 aliphatic rings. The first-order valence-corrected chi connectivity index (χ1v) is 9.14. The van der Waals surface area contributed by atoms with Crippen LogP contribution in [0.25, 0.3) is 6.08 Å². The first-order chi connectivity index (χ1) is 9.47. The summed E-state index contributed by atoms with van der Waals surface area (Å²) >= 11 is 11.0. The van der Waals surface area contributed by atoms with Crippen LogP contribution >= 0.6 is 69.2 Å². The van der Waals surface area contributed by atoms with Crippen molar-refractivity contribution < 1.29 is 9.53 Å². The second kappa shape index (κ2) is 6.93. The second-order valence-electron chi connectivity index (χ2n) is 3.94. The van der Waals surface area contributed by atoms with E-state index < -0.39 is 0 Å². The van der Waals surface area contributed by atoms with Crippen molar-refractivity contribution in [3.8, 4) is 5.75 Å².